The first-order chi connectivity index (χ1) is 11.0. The van der Waals surface area contributed by atoms with Crippen molar-refractivity contribution in [2.24, 2.45) is 5.10 Å². The predicted octanol–water partition coefficient (Wildman–Crippen LogP) is 3.77. The maximum absolute atomic E-state index is 12.8. The van der Waals surface area contributed by atoms with Gasteiger partial charge in [0.1, 0.15) is 17.6 Å². The minimum absolute atomic E-state index is 0.255. The lowest BCUT2D eigenvalue weighted by atomic mass is 10.1. The normalized spacial score (nSPS) is 10.8. The van der Waals surface area contributed by atoms with Crippen LogP contribution in [0.15, 0.2) is 52.0 Å². The Hall–Kier alpha value is -2.72. The molecule has 2 rings (SSSR count). The van der Waals surface area contributed by atoms with Crippen molar-refractivity contribution in [3.63, 3.8) is 0 Å². The zero-order valence-corrected chi connectivity index (χ0v) is 13.6. The molecule has 116 valence electrons. The van der Waals surface area contributed by atoms with Crippen LogP contribution < -0.4 is 10.2 Å². The maximum Gasteiger partial charge on any atom is 0.225 e. The minimum atomic E-state index is -0.562. The van der Waals surface area contributed by atoms with Gasteiger partial charge in [-0.3, -0.25) is 10.2 Å². The van der Waals surface area contributed by atoms with E-state index in [1.165, 1.54) is 37.4 Å². The summed E-state index contributed by atoms with van der Waals surface area (Å²) in [6.45, 7) is 0. The third kappa shape index (κ3) is 4.14. The molecule has 0 saturated carbocycles. The van der Waals surface area contributed by atoms with Gasteiger partial charge in [-0.2, -0.15) is 10.4 Å². The Kier molecular flexibility index (Phi) is 5.44. The second kappa shape index (κ2) is 7.51. The number of ether oxygens (including phenoxy) is 1. The Balaban J connectivity index is 2.26. The number of halogens is 2. The highest BCUT2D eigenvalue weighted by Gasteiger charge is 2.18. The van der Waals surface area contributed by atoms with Crippen molar-refractivity contribution in [1.29, 1.82) is 5.26 Å². The molecule has 0 bridgehead atoms. The molecule has 0 atom stereocenters. The molecule has 0 aliphatic rings. The van der Waals surface area contributed by atoms with Gasteiger partial charge in [-0.1, -0.05) is 15.9 Å². The summed E-state index contributed by atoms with van der Waals surface area (Å²) in [6, 6.07) is 12.0. The summed E-state index contributed by atoms with van der Waals surface area (Å²) in [5, 5.41) is 12.9. The second-order valence-corrected chi connectivity index (χ2v) is 5.22. The van der Waals surface area contributed by atoms with Gasteiger partial charge in [0.05, 0.1) is 12.8 Å². The van der Waals surface area contributed by atoms with Gasteiger partial charge in [-0.05, 0) is 42.5 Å². The number of nitrogens with zero attached hydrogens (tertiary/aromatic N) is 2. The molecule has 1 N–H and O–H groups in total. The maximum atomic E-state index is 12.8. The summed E-state index contributed by atoms with van der Waals surface area (Å²) in [4.78, 5) is 12.4. The summed E-state index contributed by atoms with van der Waals surface area (Å²) in [7, 11) is 1.48. The Morgan fingerprint density at radius 1 is 1.30 bits per heavy atom. The van der Waals surface area contributed by atoms with Crippen molar-refractivity contribution in [1.82, 2.24) is 0 Å². The fourth-order valence-corrected chi connectivity index (χ4v) is 2.13. The van der Waals surface area contributed by atoms with Gasteiger partial charge in [0.15, 0.2) is 0 Å². The first kappa shape index (κ1) is 16.6. The van der Waals surface area contributed by atoms with Gasteiger partial charge in [0, 0.05) is 10.0 Å². The van der Waals surface area contributed by atoms with Gasteiger partial charge in [-0.15, -0.1) is 0 Å². The van der Waals surface area contributed by atoms with Crippen molar-refractivity contribution in [2.45, 2.75) is 0 Å². The highest BCUT2D eigenvalue weighted by atomic mass is 79.9. The van der Waals surface area contributed by atoms with Gasteiger partial charge < -0.3 is 4.74 Å². The van der Waals surface area contributed by atoms with Crippen LogP contribution in [0.1, 0.15) is 10.4 Å². The minimum Gasteiger partial charge on any atom is -0.497 e. The van der Waals surface area contributed by atoms with E-state index in [2.05, 4.69) is 26.5 Å². The Morgan fingerprint density at radius 3 is 2.61 bits per heavy atom. The van der Waals surface area contributed by atoms with Crippen LogP contribution in [0.3, 0.4) is 0 Å². The van der Waals surface area contributed by atoms with Crippen LogP contribution in [0.25, 0.3) is 0 Å². The fraction of sp³-hybridized carbons (Fsp3) is 0.0625. The smallest absolute Gasteiger partial charge is 0.225 e. The van der Waals surface area contributed by atoms with Crippen molar-refractivity contribution in [3.05, 3.63) is 58.3 Å². The highest BCUT2D eigenvalue weighted by Crippen LogP contribution is 2.23. The number of nitriles is 1. The summed E-state index contributed by atoms with van der Waals surface area (Å²) in [6.07, 6.45) is 0. The molecule has 0 aromatic heterocycles. The fourth-order valence-electron chi connectivity index (χ4n) is 1.70. The average Bonchev–Trinajstić information content (AvgIpc) is 2.57. The molecule has 2 aromatic rings. The van der Waals surface area contributed by atoms with Gasteiger partial charge >= 0.3 is 0 Å². The number of hydrazone groups is 1. The second-order valence-electron chi connectivity index (χ2n) is 4.37. The number of carbonyl (C=O) groups excluding carboxylic acids is 1. The molecule has 2 aromatic carbocycles. The van der Waals surface area contributed by atoms with Crippen molar-refractivity contribution >= 4 is 33.1 Å². The average molecular weight is 376 g/mol. The number of hydrogen-bond acceptors (Lipinski definition) is 5. The summed E-state index contributed by atoms with van der Waals surface area (Å²) < 4.78 is 18.4. The first-order valence-corrected chi connectivity index (χ1v) is 7.22. The summed E-state index contributed by atoms with van der Waals surface area (Å²) in [5.74, 6) is -0.468. The van der Waals surface area contributed by atoms with Crippen LogP contribution in [-0.4, -0.2) is 18.6 Å². The number of methoxy groups -OCH3 is 1. The van der Waals surface area contributed by atoms with E-state index in [4.69, 9.17) is 10.00 Å². The molecule has 0 radical (unpaired) electrons. The van der Waals surface area contributed by atoms with E-state index in [0.717, 1.165) is 0 Å². The molecule has 0 unspecified atom stereocenters. The lowest BCUT2D eigenvalue weighted by Gasteiger charge is -2.06. The Labute approximate surface area is 140 Å². The Morgan fingerprint density at radius 2 is 2.00 bits per heavy atom. The molecule has 0 aliphatic heterocycles. The number of hydrogen-bond donors (Lipinski definition) is 1. The largest absolute Gasteiger partial charge is 0.497 e. The zero-order valence-electron chi connectivity index (χ0n) is 12.0. The number of rotatable bonds is 5. The summed E-state index contributed by atoms with van der Waals surface area (Å²) >= 11 is 3.26. The van der Waals surface area contributed by atoms with Crippen molar-refractivity contribution in [3.8, 4) is 11.8 Å². The molecule has 5 nitrogen and oxygen atoms in total. The number of ketones is 1. The van der Waals surface area contributed by atoms with Gasteiger partial charge in [0.25, 0.3) is 0 Å². The molecule has 7 heteroatoms. The molecule has 0 fully saturated rings. The van der Waals surface area contributed by atoms with Crippen LogP contribution >= 0.6 is 15.9 Å². The molecule has 0 saturated heterocycles. The van der Waals surface area contributed by atoms with Gasteiger partial charge in [-0.25, -0.2) is 4.39 Å². The number of benzene rings is 2. The Bertz CT molecular complexity index is 798. The molecule has 0 aliphatic carbocycles. The molecular weight excluding hydrogens is 365 g/mol. The van der Waals surface area contributed by atoms with Crippen molar-refractivity contribution in [2.75, 3.05) is 12.5 Å². The monoisotopic (exact) mass is 375 g/mol. The summed E-state index contributed by atoms with van der Waals surface area (Å²) in [5.41, 5.74) is 2.93. The molecule has 23 heavy (non-hydrogen) atoms. The number of anilines is 1. The van der Waals surface area contributed by atoms with Crippen LogP contribution in [0, 0.1) is 17.1 Å². The van der Waals surface area contributed by atoms with E-state index in [1.54, 1.807) is 18.2 Å². The number of Topliss-reactive ketones (excluding diaryl/α,β-unsaturated/α-hetero) is 1. The predicted molar refractivity (Wildman–Crippen MR) is 88.1 cm³/mol. The van der Waals surface area contributed by atoms with E-state index in [1.807, 2.05) is 0 Å². The molecule has 0 amide bonds. The molecular formula is C16H11BrFN3O2. The zero-order chi connectivity index (χ0) is 16.8. The first-order valence-electron chi connectivity index (χ1n) is 6.42. The molecule has 0 heterocycles. The van der Waals surface area contributed by atoms with Crippen LogP contribution in [0.5, 0.6) is 5.75 Å². The van der Waals surface area contributed by atoms with Crippen LogP contribution in [-0.2, 0) is 0 Å². The van der Waals surface area contributed by atoms with E-state index in [9.17, 15) is 9.18 Å². The van der Waals surface area contributed by atoms with Crippen LogP contribution in [0.4, 0.5) is 10.1 Å². The third-order valence-electron chi connectivity index (χ3n) is 2.88. The van der Waals surface area contributed by atoms with E-state index in [-0.39, 0.29) is 11.3 Å². The SMILES string of the molecule is COc1ccc(Br)c(C(=O)C(C#N)=NNc2ccc(F)cc2)c1. The topological polar surface area (TPSA) is 74.5 Å². The van der Waals surface area contributed by atoms with Crippen molar-refractivity contribution < 1.29 is 13.9 Å². The molecule has 0 spiro atoms. The lowest BCUT2D eigenvalue weighted by Crippen LogP contribution is -2.15. The standard InChI is InChI=1S/C16H11BrFN3O2/c1-23-12-6-7-14(17)13(8-12)16(22)15(9-19)21-20-11-4-2-10(18)3-5-11/h2-8,20H,1H3. The van der Waals surface area contributed by atoms with E-state index in [0.29, 0.717) is 15.9 Å². The third-order valence-corrected chi connectivity index (χ3v) is 3.57. The van der Waals surface area contributed by atoms with E-state index >= 15 is 0 Å². The number of carbonyl (C=O) groups is 1. The lowest BCUT2D eigenvalue weighted by molar-refractivity contribution is 0.106. The van der Waals surface area contributed by atoms with Gasteiger partial charge in [0.2, 0.25) is 11.5 Å². The van der Waals surface area contributed by atoms with E-state index < -0.39 is 11.6 Å². The quantitative estimate of drug-likeness (QED) is 0.490. The van der Waals surface area contributed by atoms with Crippen LogP contribution in [0.2, 0.25) is 0 Å². The number of nitrogens with one attached hydrogen (secondary N) is 1. The highest BCUT2D eigenvalue weighted by molar-refractivity contribution is 9.10.